The number of aromatic hydroxyl groups is 1. The number of phenolic OH excluding ortho intramolecular Hbond substituents is 1. The van der Waals surface area contributed by atoms with Crippen LogP contribution in [-0.4, -0.2) is 47.1 Å². The van der Waals surface area contributed by atoms with Crippen LogP contribution in [0.4, 0.5) is 0 Å². The molecule has 0 bridgehead atoms. The van der Waals surface area contributed by atoms with Crippen LogP contribution in [0.25, 0.3) is 5.76 Å². The number of amides is 1. The molecule has 1 aliphatic heterocycles. The summed E-state index contributed by atoms with van der Waals surface area (Å²) in [5, 5.41) is 21.0. The molecule has 1 aliphatic rings. The molecule has 3 rings (SSSR count). The van der Waals surface area contributed by atoms with E-state index in [1.165, 1.54) is 30.2 Å². The zero-order valence-corrected chi connectivity index (χ0v) is 16.4. The highest BCUT2D eigenvalue weighted by atomic mass is 35.5. The number of halogens is 2. The summed E-state index contributed by atoms with van der Waals surface area (Å²) in [7, 11) is 1.48. The Morgan fingerprint density at radius 2 is 1.93 bits per heavy atom. The molecule has 28 heavy (non-hydrogen) atoms. The number of carbonyl (C=O) groups is 2. The molecule has 1 heterocycles. The van der Waals surface area contributed by atoms with Crippen molar-refractivity contribution in [2.45, 2.75) is 6.04 Å². The molecule has 1 atom stereocenters. The van der Waals surface area contributed by atoms with E-state index in [9.17, 15) is 19.8 Å². The molecule has 0 spiro atoms. The molecule has 0 aromatic heterocycles. The van der Waals surface area contributed by atoms with Gasteiger partial charge < -0.3 is 19.8 Å². The first-order valence-electron chi connectivity index (χ1n) is 8.37. The van der Waals surface area contributed by atoms with E-state index < -0.39 is 17.7 Å². The van der Waals surface area contributed by atoms with Crippen molar-refractivity contribution in [2.24, 2.45) is 0 Å². The largest absolute Gasteiger partial charge is 0.507 e. The minimum absolute atomic E-state index is 0.0672. The fourth-order valence-corrected chi connectivity index (χ4v) is 3.51. The molecule has 0 radical (unpaired) electrons. The van der Waals surface area contributed by atoms with Gasteiger partial charge in [-0.15, -0.1) is 0 Å². The fourth-order valence-electron chi connectivity index (χ4n) is 3.13. The number of nitrogens with zero attached hydrogens (tertiary/aromatic N) is 1. The van der Waals surface area contributed by atoms with Crippen LogP contribution < -0.4 is 0 Å². The normalized spacial score (nSPS) is 18.7. The highest BCUT2D eigenvalue weighted by Crippen LogP contribution is 2.41. The van der Waals surface area contributed by atoms with Crippen molar-refractivity contribution >= 4 is 40.7 Å². The van der Waals surface area contributed by atoms with Gasteiger partial charge in [-0.05, 0) is 29.8 Å². The molecule has 1 fully saturated rings. The third-order valence-corrected chi connectivity index (χ3v) is 5.00. The lowest BCUT2D eigenvalue weighted by atomic mass is 9.95. The number of hydrogen-bond donors (Lipinski definition) is 2. The summed E-state index contributed by atoms with van der Waals surface area (Å²) in [6, 6.07) is 9.84. The maximum atomic E-state index is 12.7. The molecule has 2 aromatic carbocycles. The van der Waals surface area contributed by atoms with Gasteiger partial charge in [0.2, 0.25) is 0 Å². The van der Waals surface area contributed by atoms with Crippen molar-refractivity contribution in [3.63, 3.8) is 0 Å². The molecule has 0 aliphatic carbocycles. The first-order valence-corrected chi connectivity index (χ1v) is 9.12. The maximum Gasteiger partial charge on any atom is 0.295 e. The summed E-state index contributed by atoms with van der Waals surface area (Å²) >= 11 is 12.0. The highest BCUT2D eigenvalue weighted by Gasteiger charge is 2.46. The molecular formula is C20H17Cl2NO5. The summed E-state index contributed by atoms with van der Waals surface area (Å²) in [6.07, 6.45) is 0. The highest BCUT2D eigenvalue weighted by molar-refractivity contribution is 6.46. The van der Waals surface area contributed by atoms with E-state index in [0.717, 1.165) is 0 Å². The summed E-state index contributed by atoms with van der Waals surface area (Å²) in [6.45, 7) is 0.336. The Morgan fingerprint density at radius 3 is 2.57 bits per heavy atom. The minimum Gasteiger partial charge on any atom is -0.507 e. The summed E-state index contributed by atoms with van der Waals surface area (Å²) in [4.78, 5) is 26.7. The van der Waals surface area contributed by atoms with Gasteiger partial charge in [0.05, 0.1) is 23.2 Å². The number of phenols is 1. The van der Waals surface area contributed by atoms with Crippen molar-refractivity contribution in [1.82, 2.24) is 4.90 Å². The van der Waals surface area contributed by atoms with Crippen molar-refractivity contribution in [2.75, 3.05) is 20.3 Å². The van der Waals surface area contributed by atoms with Crippen LogP contribution in [0.15, 0.2) is 48.0 Å². The van der Waals surface area contributed by atoms with Gasteiger partial charge in [0.1, 0.15) is 11.5 Å². The van der Waals surface area contributed by atoms with Gasteiger partial charge in [-0.1, -0.05) is 41.4 Å². The Kier molecular flexibility index (Phi) is 5.93. The number of carbonyl (C=O) groups excluding carboxylic acids is 2. The van der Waals surface area contributed by atoms with Crippen LogP contribution in [-0.2, 0) is 14.3 Å². The lowest BCUT2D eigenvalue weighted by Gasteiger charge is -2.25. The van der Waals surface area contributed by atoms with Crippen LogP contribution in [0.2, 0.25) is 10.0 Å². The topological polar surface area (TPSA) is 87.1 Å². The van der Waals surface area contributed by atoms with Crippen LogP contribution in [0.3, 0.4) is 0 Å². The number of likely N-dealkylation sites (tertiary alicyclic amines) is 1. The predicted molar refractivity (Wildman–Crippen MR) is 105 cm³/mol. The predicted octanol–water partition coefficient (Wildman–Crippen LogP) is 3.77. The van der Waals surface area contributed by atoms with Gasteiger partial charge in [-0.2, -0.15) is 0 Å². The Labute approximate surface area is 171 Å². The van der Waals surface area contributed by atoms with E-state index in [-0.39, 0.29) is 35.3 Å². The number of aliphatic hydroxyl groups excluding tert-OH is 1. The zero-order chi connectivity index (χ0) is 20.4. The Balaban J connectivity index is 2.19. The molecule has 2 aromatic rings. The maximum absolute atomic E-state index is 12.7. The van der Waals surface area contributed by atoms with E-state index in [1.54, 1.807) is 24.3 Å². The summed E-state index contributed by atoms with van der Waals surface area (Å²) in [5.74, 6) is -2.04. The third-order valence-electron chi connectivity index (χ3n) is 4.46. The first-order chi connectivity index (χ1) is 13.3. The standard InChI is InChI=1S/C20H17Cl2NO5/c1-28-8-7-23-17(11-5-6-15(24)14(22)10-11)16(19(26)20(23)27)18(25)12-3-2-4-13(21)9-12/h2-6,9-10,17,24-25H,7-8H2,1H3/b18-16-. The second-order valence-corrected chi connectivity index (χ2v) is 7.05. The molecule has 2 N–H and O–H groups in total. The number of Topliss-reactive ketones (excluding diaryl/α,β-unsaturated/α-hetero) is 1. The second-order valence-electron chi connectivity index (χ2n) is 6.21. The zero-order valence-electron chi connectivity index (χ0n) is 14.9. The Hall–Kier alpha value is -2.54. The smallest absolute Gasteiger partial charge is 0.295 e. The first kappa shape index (κ1) is 20.2. The third kappa shape index (κ3) is 3.71. The quantitative estimate of drug-likeness (QED) is 0.435. The number of benzene rings is 2. The van der Waals surface area contributed by atoms with Crippen LogP contribution in [0.5, 0.6) is 5.75 Å². The lowest BCUT2D eigenvalue weighted by molar-refractivity contribution is -0.140. The van der Waals surface area contributed by atoms with E-state index >= 15 is 0 Å². The SMILES string of the molecule is COCCN1C(=O)C(=O)/C(=C(\O)c2cccc(Cl)c2)C1c1ccc(O)c(Cl)c1. The molecule has 6 nitrogen and oxygen atoms in total. The van der Waals surface area contributed by atoms with Gasteiger partial charge in [0, 0.05) is 24.2 Å². The average Bonchev–Trinajstić information content (AvgIpc) is 2.92. The van der Waals surface area contributed by atoms with Gasteiger partial charge in [0.25, 0.3) is 11.7 Å². The monoisotopic (exact) mass is 421 g/mol. The van der Waals surface area contributed by atoms with E-state index in [1.807, 2.05) is 0 Å². The van der Waals surface area contributed by atoms with Gasteiger partial charge >= 0.3 is 0 Å². The second kappa shape index (κ2) is 8.22. The van der Waals surface area contributed by atoms with Crippen molar-refractivity contribution in [3.05, 3.63) is 69.2 Å². The average molecular weight is 422 g/mol. The number of ether oxygens (including phenoxy) is 1. The van der Waals surface area contributed by atoms with Gasteiger partial charge in [0.15, 0.2) is 0 Å². The Morgan fingerprint density at radius 1 is 1.18 bits per heavy atom. The molecule has 8 heteroatoms. The van der Waals surface area contributed by atoms with Crippen molar-refractivity contribution in [3.8, 4) is 5.75 Å². The van der Waals surface area contributed by atoms with E-state index in [4.69, 9.17) is 27.9 Å². The number of methoxy groups -OCH3 is 1. The number of hydrogen-bond acceptors (Lipinski definition) is 5. The van der Waals surface area contributed by atoms with Crippen LogP contribution in [0.1, 0.15) is 17.2 Å². The lowest BCUT2D eigenvalue weighted by Crippen LogP contribution is -2.32. The van der Waals surface area contributed by atoms with E-state index in [0.29, 0.717) is 16.1 Å². The van der Waals surface area contributed by atoms with E-state index in [2.05, 4.69) is 0 Å². The van der Waals surface area contributed by atoms with Crippen LogP contribution >= 0.6 is 23.2 Å². The molecule has 1 saturated heterocycles. The van der Waals surface area contributed by atoms with Gasteiger partial charge in [-0.3, -0.25) is 9.59 Å². The van der Waals surface area contributed by atoms with Crippen LogP contribution in [0, 0.1) is 0 Å². The number of ketones is 1. The number of aliphatic hydroxyl groups is 1. The molecule has 1 amide bonds. The summed E-state index contributed by atoms with van der Waals surface area (Å²) < 4.78 is 5.04. The molecule has 146 valence electrons. The molecule has 0 saturated carbocycles. The summed E-state index contributed by atoms with van der Waals surface area (Å²) in [5.41, 5.74) is 0.707. The Bertz CT molecular complexity index is 973. The van der Waals surface area contributed by atoms with Crippen molar-refractivity contribution < 1.29 is 24.5 Å². The number of rotatable bonds is 5. The minimum atomic E-state index is -0.882. The molecular weight excluding hydrogens is 405 g/mol. The van der Waals surface area contributed by atoms with Crippen molar-refractivity contribution in [1.29, 1.82) is 0 Å². The fraction of sp³-hybridized carbons (Fsp3) is 0.200. The van der Waals surface area contributed by atoms with Gasteiger partial charge in [-0.25, -0.2) is 0 Å². The molecule has 1 unspecified atom stereocenters.